The van der Waals surface area contributed by atoms with Gasteiger partial charge in [0.15, 0.2) is 0 Å². The van der Waals surface area contributed by atoms with Gasteiger partial charge in [-0.3, -0.25) is 5.11 Å². The zero-order valence-corrected chi connectivity index (χ0v) is 13.2. The third-order valence-corrected chi connectivity index (χ3v) is 4.31. The predicted molar refractivity (Wildman–Crippen MR) is 85.7 cm³/mol. The summed E-state index contributed by atoms with van der Waals surface area (Å²) in [6.45, 7) is -0.285. The summed E-state index contributed by atoms with van der Waals surface area (Å²) in [6.07, 6.45) is 7.92. The maximum Gasteiger partial charge on any atom is 0.207 e. The van der Waals surface area contributed by atoms with Crippen molar-refractivity contribution in [2.45, 2.75) is 12.5 Å². The summed E-state index contributed by atoms with van der Waals surface area (Å²) in [6, 6.07) is 6.37. The second kappa shape index (κ2) is 6.07. The third kappa shape index (κ3) is 2.66. The molecule has 127 valence electrons. The second-order valence-corrected chi connectivity index (χ2v) is 5.85. The van der Waals surface area contributed by atoms with E-state index in [2.05, 4.69) is 0 Å². The number of furan rings is 2. The molecule has 0 aromatic carbocycles. The molecule has 6 heteroatoms. The molecule has 1 N–H and O–H groups in total. The Morgan fingerprint density at radius 3 is 2.72 bits per heavy atom. The lowest BCUT2D eigenvalue weighted by atomic mass is 10.0. The van der Waals surface area contributed by atoms with E-state index in [1.54, 1.807) is 42.7 Å². The Labute approximate surface area is 143 Å². The smallest absolute Gasteiger partial charge is 0.207 e. The summed E-state index contributed by atoms with van der Waals surface area (Å²) < 4.78 is 10.5. The minimum atomic E-state index is -0.599. The topological polar surface area (TPSA) is 92.7 Å². The maximum atomic E-state index is 12.8. The average Bonchev–Trinajstić information content (AvgIpc) is 3.33. The number of hydrogen-bond donors (Lipinski definition) is 1. The van der Waals surface area contributed by atoms with Crippen LogP contribution < -0.4 is 5.11 Å². The summed E-state index contributed by atoms with van der Waals surface area (Å²) in [5.74, 6) is 0.743. The van der Waals surface area contributed by atoms with Crippen LogP contribution in [-0.4, -0.2) is 22.7 Å². The van der Waals surface area contributed by atoms with Crippen LogP contribution in [0.15, 0.2) is 86.3 Å². The van der Waals surface area contributed by atoms with Crippen molar-refractivity contribution >= 4 is 6.08 Å². The summed E-state index contributed by atoms with van der Waals surface area (Å²) >= 11 is 0. The molecule has 2 aliphatic heterocycles. The van der Waals surface area contributed by atoms with Crippen LogP contribution in [0.2, 0.25) is 0 Å². The molecule has 0 fully saturated rings. The van der Waals surface area contributed by atoms with E-state index < -0.39 is 6.04 Å². The van der Waals surface area contributed by atoms with Crippen molar-refractivity contribution in [2.24, 2.45) is 0 Å². The molecule has 0 amide bonds. The van der Waals surface area contributed by atoms with Gasteiger partial charge in [-0.25, -0.2) is 0 Å². The van der Waals surface area contributed by atoms with Crippen LogP contribution in [0, 0.1) is 0 Å². The quantitative estimate of drug-likeness (QED) is 0.920. The first kappa shape index (κ1) is 15.4. The Balaban J connectivity index is 1.74. The lowest BCUT2D eigenvalue weighted by Crippen LogP contribution is -2.33. The van der Waals surface area contributed by atoms with Crippen molar-refractivity contribution in [1.82, 2.24) is 4.90 Å². The molecule has 4 rings (SSSR count). The molecule has 0 aliphatic carbocycles. The Morgan fingerprint density at radius 2 is 2.04 bits per heavy atom. The lowest BCUT2D eigenvalue weighted by molar-refractivity contribution is -0.299. The molecule has 6 nitrogen and oxygen atoms in total. The molecule has 25 heavy (non-hydrogen) atoms. The van der Waals surface area contributed by atoms with E-state index in [4.69, 9.17) is 8.83 Å². The maximum absolute atomic E-state index is 12.8. The first-order valence-electron chi connectivity index (χ1n) is 7.85. The van der Waals surface area contributed by atoms with E-state index in [9.17, 15) is 15.3 Å². The van der Waals surface area contributed by atoms with Crippen molar-refractivity contribution in [3.63, 3.8) is 0 Å². The van der Waals surface area contributed by atoms with Gasteiger partial charge < -0.3 is 23.9 Å². The highest BCUT2D eigenvalue weighted by atomic mass is 16.3. The Morgan fingerprint density at radius 1 is 1.24 bits per heavy atom. The highest BCUT2D eigenvalue weighted by Gasteiger charge is 2.37. The third-order valence-electron chi connectivity index (χ3n) is 4.31. The minimum Gasteiger partial charge on any atom is -0.871 e. The summed E-state index contributed by atoms with van der Waals surface area (Å²) in [5.41, 5.74) is 1.25. The molecule has 4 heterocycles. The van der Waals surface area contributed by atoms with Crippen LogP contribution in [0.3, 0.4) is 0 Å². The van der Waals surface area contributed by atoms with Gasteiger partial charge in [0.2, 0.25) is 5.76 Å². The number of allylic oxidation sites excluding steroid dienone is 2. The fraction of sp³-hybridized carbons (Fsp3) is 0.158. The summed E-state index contributed by atoms with van der Waals surface area (Å²) in [5, 5.41) is 34.9. The summed E-state index contributed by atoms with van der Waals surface area (Å²) in [7, 11) is 0. The minimum absolute atomic E-state index is 0.203. The van der Waals surface area contributed by atoms with Gasteiger partial charge in [-0.05, 0) is 48.2 Å². The molecular weight excluding hydrogens is 322 g/mol. The number of nitrogens with zero attached hydrogens (tertiary/aromatic N) is 1. The Bertz CT molecular complexity index is 884. The van der Waals surface area contributed by atoms with E-state index >= 15 is 0 Å². The van der Waals surface area contributed by atoms with Crippen molar-refractivity contribution in [1.29, 1.82) is 0 Å². The Kier molecular flexibility index (Phi) is 3.74. The Hall–Kier alpha value is -3.12. The van der Waals surface area contributed by atoms with E-state index in [1.807, 2.05) is 0 Å². The molecule has 0 spiro atoms. The van der Waals surface area contributed by atoms with Gasteiger partial charge in [-0.15, -0.1) is 0 Å². The molecule has 1 unspecified atom stereocenters. The molecule has 1 atom stereocenters. The molecule has 1 radical (unpaired) electrons. The SMILES string of the molecule is [O]C1=C2C=C(Cc3ccco3)C([O-])=CN2C(CO)/C1=C/c1ccco1. The molecular formula is C19H15NO5-. The van der Waals surface area contributed by atoms with Crippen molar-refractivity contribution in [3.8, 4) is 0 Å². The van der Waals surface area contributed by atoms with Crippen LogP contribution in [0.1, 0.15) is 11.5 Å². The molecule has 0 bridgehead atoms. The van der Waals surface area contributed by atoms with E-state index in [-0.39, 0.29) is 18.1 Å². The van der Waals surface area contributed by atoms with Gasteiger partial charge in [0.05, 0.1) is 30.9 Å². The zero-order chi connectivity index (χ0) is 17.4. The van der Waals surface area contributed by atoms with Crippen LogP contribution in [0.25, 0.3) is 6.08 Å². The standard InChI is InChI=1S/C19H16NO5/c21-11-17-15(9-14-4-2-6-25-14)19(23)16-8-12(18(22)10-20(16)17)7-13-3-1-5-24-13/h1-6,8-10,17,21-22H,7,11H2/p-1/b15-9-. The fourth-order valence-electron chi connectivity index (χ4n) is 3.09. The molecule has 0 saturated carbocycles. The number of aliphatic hydroxyl groups is 1. The average molecular weight is 337 g/mol. The number of aliphatic hydroxyl groups excluding tert-OH is 1. The highest BCUT2D eigenvalue weighted by molar-refractivity contribution is 5.62. The monoisotopic (exact) mass is 337 g/mol. The zero-order valence-electron chi connectivity index (χ0n) is 13.2. The first-order valence-corrected chi connectivity index (χ1v) is 7.85. The second-order valence-electron chi connectivity index (χ2n) is 5.85. The van der Waals surface area contributed by atoms with Crippen LogP contribution in [0.5, 0.6) is 0 Å². The number of rotatable bonds is 4. The van der Waals surface area contributed by atoms with Gasteiger partial charge in [0.1, 0.15) is 11.5 Å². The lowest BCUT2D eigenvalue weighted by Gasteiger charge is -2.31. The van der Waals surface area contributed by atoms with Crippen molar-refractivity contribution < 1.29 is 24.2 Å². The fourth-order valence-corrected chi connectivity index (χ4v) is 3.09. The number of fused-ring (bicyclic) bond motifs is 1. The van der Waals surface area contributed by atoms with Crippen LogP contribution in [-0.2, 0) is 11.5 Å². The van der Waals surface area contributed by atoms with Gasteiger partial charge >= 0.3 is 0 Å². The van der Waals surface area contributed by atoms with Crippen molar-refractivity contribution in [2.75, 3.05) is 6.61 Å². The highest BCUT2D eigenvalue weighted by Crippen LogP contribution is 2.38. The van der Waals surface area contributed by atoms with E-state index in [1.165, 1.54) is 17.4 Å². The molecule has 2 aromatic rings. The summed E-state index contributed by atoms with van der Waals surface area (Å²) in [4.78, 5) is 1.53. The molecule has 2 aromatic heterocycles. The van der Waals surface area contributed by atoms with E-state index in [0.29, 0.717) is 34.8 Å². The van der Waals surface area contributed by atoms with Gasteiger partial charge in [0.25, 0.3) is 0 Å². The predicted octanol–water partition coefficient (Wildman–Crippen LogP) is 1.96. The van der Waals surface area contributed by atoms with Gasteiger partial charge in [0, 0.05) is 12.0 Å². The number of hydrogen-bond acceptors (Lipinski definition) is 5. The van der Waals surface area contributed by atoms with Crippen molar-refractivity contribution in [3.05, 3.63) is 88.9 Å². The van der Waals surface area contributed by atoms with Crippen LogP contribution in [0.4, 0.5) is 0 Å². The van der Waals surface area contributed by atoms with Gasteiger partial charge in [-0.2, -0.15) is 0 Å². The van der Waals surface area contributed by atoms with Crippen LogP contribution >= 0.6 is 0 Å². The molecule has 0 saturated heterocycles. The molecule has 2 aliphatic rings. The van der Waals surface area contributed by atoms with E-state index in [0.717, 1.165) is 0 Å². The first-order chi connectivity index (χ1) is 12.2. The normalized spacial score (nSPS) is 21.6. The van der Waals surface area contributed by atoms with Gasteiger partial charge in [-0.1, -0.05) is 5.76 Å². The largest absolute Gasteiger partial charge is 0.871 e.